The zero-order chi connectivity index (χ0) is 18.8. The predicted molar refractivity (Wildman–Crippen MR) is 103 cm³/mol. The number of carbonyl (C=O) groups is 1. The number of likely N-dealkylation sites (tertiary alicyclic amines) is 2. The van der Waals surface area contributed by atoms with Gasteiger partial charge in [0.25, 0.3) is 0 Å². The van der Waals surface area contributed by atoms with Gasteiger partial charge in [-0.1, -0.05) is 20.8 Å². The Morgan fingerprint density at radius 1 is 1.16 bits per heavy atom. The summed E-state index contributed by atoms with van der Waals surface area (Å²) in [6, 6.07) is 0.275. The van der Waals surface area contributed by atoms with E-state index >= 15 is 0 Å². The second-order valence-electron chi connectivity index (χ2n) is 9.93. The number of hydrogen-bond acceptors (Lipinski definition) is 4. The molecule has 0 bridgehead atoms. The molecular formula is C20H39N3O2. The lowest BCUT2D eigenvalue weighted by Crippen LogP contribution is -2.53. The molecule has 0 aromatic carbocycles. The molecule has 0 aromatic heterocycles. The normalized spacial score (nSPS) is 29.3. The number of rotatable bonds is 5. The van der Waals surface area contributed by atoms with E-state index in [1.165, 1.54) is 0 Å². The highest BCUT2D eigenvalue weighted by Crippen LogP contribution is 2.39. The summed E-state index contributed by atoms with van der Waals surface area (Å²) < 4.78 is 5.16. The lowest BCUT2D eigenvalue weighted by Gasteiger charge is -2.37. The number of amides is 1. The summed E-state index contributed by atoms with van der Waals surface area (Å²) in [6.07, 6.45) is 2.01. The van der Waals surface area contributed by atoms with Crippen LogP contribution in [0.15, 0.2) is 0 Å². The zero-order valence-corrected chi connectivity index (χ0v) is 17.4. The average molecular weight is 354 g/mol. The third-order valence-electron chi connectivity index (χ3n) is 5.92. The van der Waals surface area contributed by atoms with E-state index in [1.807, 2.05) is 0 Å². The van der Waals surface area contributed by atoms with Gasteiger partial charge in [0, 0.05) is 44.9 Å². The maximum atomic E-state index is 13.1. The van der Waals surface area contributed by atoms with E-state index in [0.29, 0.717) is 5.92 Å². The van der Waals surface area contributed by atoms with E-state index in [-0.39, 0.29) is 28.9 Å². The first-order valence-electron chi connectivity index (χ1n) is 9.81. The number of nitrogens with zero attached hydrogens (tertiary/aromatic N) is 2. The van der Waals surface area contributed by atoms with Crippen LogP contribution in [0.5, 0.6) is 0 Å². The number of nitrogens with one attached hydrogen (secondary N) is 1. The van der Waals surface area contributed by atoms with E-state index in [4.69, 9.17) is 4.74 Å². The van der Waals surface area contributed by atoms with Gasteiger partial charge in [0.15, 0.2) is 0 Å². The Hall–Kier alpha value is -0.650. The maximum absolute atomic E-state index is 13.1. The van der Waals surface area contributed by atoms with Crippen LogP contribution in [0, 0.1) is 11.3 Å². The van der Waals surface area contributed by atoms with Gasteiger partial charge >= 0.3 is 0 Å². The summed E-state index contributed by atoms with van der Waals surface area (Å²) in [7, 11) is 1.74. The SMILES string of the molecule is COCCN1CC[C@H](NC(=O)[C@@H]2CC(C(C)(C)C)CN2C(C)(C)C)C1. The standard InChI is InChI=1S/C20H39N3O2/c1-19(2,3)15-12-17(23(13-15)20(4,5)6)18(24)21-16-8-9-22(14-16)10-11-25-7/h15-17H,8-14H2,1-7H3,(H,21,24)/t15?,16-,17-/m0/s1. The van der Waals surface area contributed by atoms with Crippen LogP contribution in [0.3, 0.4) is 0 Å². The van der Waals surface area contributed by atoms with Gasteiger partial charge in [0.1, 0.15) is 0 Å². The van der Waals surface area contributed by atoms with Gasteiger partial charge in [-0.3, -0.25) is 14.6 Å². The molecule has 1 amide bonds. The minimum atomic E-state index is -0.00255. The average Bonchev–Trinajstić information content (AvgIpc) is 3.10. The zero-order valence-electron chi connectivity index (χ0n) is 17.4. The van der Waals surface area contributed by atoms with Crippen LogP contribution in [0.25, 0.3) is 0 Å². The quantitative estimate of drug-likeness (QED) is 0.824. The highest BCUT2D eigenvalue weighted by Gasteiger charge is 2.45. The van der Waals surface area contributed by atoms with Gasteiger partial charge in [0.05, 0.1) is 12.6 Å². The Labute approximate surface area is 154 Å². The molecule has 0 spiro atoms. The molecule has 0 saturated carbocycles. The molecule has 2 saturated heterocycles. The van der Waals surface area contributed by atoms with Crippen molar-refractivity contribution in [1.29, 1.82) is 0 Å². The highest BCUT2D eigenvalue weighted by molar-refractivity contribution is 5.82. The van der Waals surface area contributed by atoms with Gasteiger partial charge in [-0.15, -0.1) is 0 Å². The van der Waals surface area contributed by atoms with Crippen molar-refractivity contribution in [3.63, 3.8) is 0 Å². The highest BCUT2D eigenvalue weighted by atomic mass is 16.5. The van der Waals surface area contributed by atoms with Gasteiger partial charge in [-0.05, 0) is 44.9 Å². The topological polar surface area (TPSA) is 44.8 Å². The smallest absolute Gasteiger partial charge is 0.237 e. The molecule has 2 aliphatic rings. The van der Waals surface area contributed by atoms with Crippen LogP contribution in [0.1, 0.15) is 54.4 Å². The molecule has 5 heteroatoms. The first-order valence-corrected chi connectivity index (χ1v) is 9.81. The molecule has 2 heterocycles. The molecule has 2 rings (SSSR count). The van der Waals surface area contributed by atoms with Crippen LogP contribution in [0.2, 0.25) is 0 Å². The van der Waals surface area contributed by atoms with Crippen LogP contribution in [0.4, 0.5) is 0 Å². The van der Waals surface area contributed by atoms with Gasteiger partial charge in [-0.25, -0.2) is 0 Å². The fraction of sp³-hybridized carbons (Fsp3) is 0.950. The van der Waals surface area contributed by atoms with E-state index in [2.05, 4.69) is 56.7 Å². The monoisotopic (exact) mass is 353 g/mol. The van der Waals surface area contributed by atoms with Crippen LogP contribution >= 0.6 is 0 Å². The number of hydrogen-bond donors (Lipinski definition) is 1. The fourth-order valence-electron chi connectivity index (χ4n) is 4.12. The number of ether oxygens (including phenoxy) is 1. The van der Waals surface area contributed by atoms with Crippen LogP contribution in [-0.4, -0.2) is 73.2 Å². The molecule has 5 nitrogen and oxygen atoms in total. The number of carbonyl (C=O) groups excluding carboxylic acids is 1. The van der Waals surface area contributed by atoms with Gasteiger partial charge in [0.2, 0.25) is 5.91 Å². The van der Waals surface area contributed by atoms with Crippen LogP contribution in [-0.2, 0) is 9.53 Å². The van der Waals surface area contributed by atoms with Crippen molar-refractivity contribution in [3.8, 4) is 0 Å². The van der Waals surface area contributed by atoms with Crippen molar-refractivity contribution < 1.29 is 9.53 Å². The minimum absolute atomic E-state index is 0.00255. The predicted octanol–water partition coefficient (Wildman–Crippen LogP) is 2.36. The molecule has 146 valence electrons. The van der Waals surface area contributed by atoms with Crippen molar-refractivity contribution in [2.24, 2.45) is 11.3 Å². The van der Waals surface area contributed by atoms with E-state index in [1.54, 1.807) is 7.11 Å². The molecule has 1 N–H and O–H groups in total. The largest absolute Gasteiger partial charge is 0.383 e. The van der Waals surface area contributed by atoms with Crippen molar-refractivity contribution >= 4 is 5.91 Å². The summed E-state index contributed by atoms with van der Waals surface area (Å²) in [5, 5.41) is 3.34. The lowest BCUT2D eigenvalue weighted by molar-refractivity contribution is -0.127. The molecule has 0 aliphatic carbocycles. The second kappa shape index (κ2) is 7.93. The third-order valence-corrected chi connectivity index (χ3v) is 5.92. The third kappa shape index (κ3) is 5.41. The Morgan fingerprint density at radius 3 is 2.40 bits per heavy atom. The van der Waals surface area contributed by atoms with E-state index in [9.17, 15) is 4.79 Å². The summed E-state index contributed by atoms with van der Waals surface area (Å²) in [5.74, 6) is 0.782. The Morgan fingerprint density at radius 2 is 1.84 bits per heavy atom. The molecule has 0 aromatic rings. The molecular weight excluding hydrogens is 314 g/mol. The van der Waals surface area contributed by atoms with Crippen molar-refractivity contribution in [3.05, 3.63) is 0 Å². The molecule has 2 aliphatic heterocycles. The summed E-state index contributed by atoms with van der Waals surface area (Å²) in [6.45, 7) is 18.3. The molecule has 1 unspecified atom stereocenters. The van der Waals surface area contributed by atoms with Gasteiger partial charge in [-0.2, -0.15) is 0 Å². The summed E-state index contributed by atoms with van der Waals surface area (Å²) in [5.41, 5.74) is 0.255. The molecule has 0 radical (unpaired) electrons. The number of methoxy groups -OCH3 is 1. The molecule has 25 heavy (non-hydrogen) atoms. The van der Waals surface area contributed by atoms with Gasteiger partial charge < -0.3 is 10.1 Å². The van der Waals surface area contributed by atoms with Crippen molar-refractivity contribution in [1.82, 2.24) is 15.1 Å². The maximum Gasteiger partial charge on any atom is 0.237 e. The molecule has 2 fully saturated rings. The first-order chi connectivity index (χ1) is 11.5. The molecule has 3 atom stereocenters. The Bertz CT molecular complexity index is 453. The van der Waals surface area contributed by atoms with Crippen LogP contribution < -0.4 is 5.32 Å². The summed E-state index contributed by atoms with van der Waals surface area (Å²) in [4.78, 5) is 17.8. The second-order valence-corrected chi connectivity index (χ2v) is 9.93. The van der Waals surface area contributed by atoms with Crippen molar-refractivity contribution in [2.75, 3.05) is 39.9 Å². The van der Waals surface area contributed by atoms with E-state index < -0.39 is 0 Å². The van der Waals surface area contributed by atoms with E-state index in [0.717, 1.165) is 45.6 Å². The fourth-order valence-corrected chi connectivity index (χ4v) is 4.12. The Balaban J connectivity index is 1.97. The summed E-state index contributed by atoms with van der Waals surface area (Å²) >= 11 is 0. The lowest BCUT2D eigenvalue weighted by atomic mass is 9.79. The minimum Gasteiger partial charge on any atom is -0.383 e. The van der Waals surface area contributed by atoms with Crippen molar-refractivity contribution in [2.45, 2.75) is 72.0 Å². The first kappa shape index (κ1) is 20.7. The Kier molecular flexibility index (Phi) is 6.55.